The summed E-state index contributed by atoms with van der Waals surface area (Å²) in [6, 6.07) is 5.89. The summed E-state index contributed by atoms with van der Waals surface area (Å²) < 4.78 is 1.73. The van der Waals surface area contributed by atoms with Crippen LogP contribution in [0.3, 0.4) is 0 Å². The topological polar surface area (TPSA) is 43.8 Å². The summed E-state index contributed by atoms with van der Waals surface area (Å²) in [7, 11) is 1.85. The summed E-state index contributed by atoms with van der Waals surface area (Å²) in [5, 5.41) is 4.79. The van der Waals surface area contributed by atoms with E-state index in [-0.39, 0.29) is 0 Å². The molecule has 2 aromatic rings. The van der Waals surface area contributed by atoms with E-state index in [1.54, 1.807) is 10.9 Å². The maximum atomic E-state index is 6.17. The summed E-state index contributed by atoms with van der Waals surface area (Å²) in [6.07, 6.45) is 1.63. The van der Waals surface area contributed by atoms with Crippen LogP contribution in [0.15, 0.2) is 24.4 Å². The Morgan fingerprint density at radius 1 is 1.40 bits per heavy atom. The molecule has 0 amide bonds. The Balaban J connectivity index is 2.64. The molecule has 0 saturated heterocycles. The third-order valence-corrected chi connectivity index (χ3v) is 2.66. The molecule has 0 aliphatic rings. The number of rotatable bonds is 1. The highest BCUT2D eigenvalue weighted by Crippen LogP contribution is 2.31. The lowest BCUT2D eigenvalue weighted by Gasteiger charge is -2.06. The molecule has 0 spiro atoms. The number of nitrogens with zero attached hydrogens (tertiary/aromatic N) is 2. The second-order valence-corrected chi connectivity index (χ2v) is 3.96. The van der Waals surface area contributed by atoms with Crippen molar-refractivity contribution in [3.8, 4) is 11.3 Å². The zero-order valence-electron chi connectivity index (χ0n) is 8.66. The van der Waals surface area contributed by atoms with Crippen LogP contribution >= 0.6 is 11.6 Å². The smallest absolute Gasteiger partial charge is 0.0923 e. The molecule has 0 aliphatic carbocycles. The van der Waals surface area contributed by atoms with Crippen molar-refractivity contribution in [2.24, 2.45) is 7.05 Å². The van der Waals surface area contributed by atoms with Crippen molar-refractivity contribution in [2.45, 2.75) is 6.92 Å². The van der Waals surface area contributed by atoms with E-state index in [9.17, 15) is 0 Å². The van der Waals surface area contributed by atoms with Gasteiger partial charge in [0.2, 0.25) is 0 Å². The van der Waals surface area contributed by atoms with Crippen LogP contribution in [-0.4, -0.2) is 9.78 Å². The van der Waals surface area contributed by atoms with E-state index in [1.807, 2.05) is 32.2 Å². The predicted molar refractivity (Wildman–Crippen MR) is 62.8 cm³/mol. The van der Waals surface area contributed by atoms with Gasteiger partial charge in [-0.25, -0.2) is 0 Å². The molecule has 0 bridgehead atoms. The van der Waals surface area contributed by atoms with Gasteiger partial charge in [0.1, 0.15) is 0 Å². The van der Waals surface area contributed by atoms with E-state index in [4.69, 9.17) is 17.3 Å². The molecule has 3 nitrogen and oxygen atoms in total. The molecule has 1 heterocycles. The van der Waals surface area contributed by atoms with E-state index in [0.29, 0.717) is 10.7 Å². The summed E-state index contributed by atoms with van der Waals surface area (Å²) in [5.41, 5.74) is 9.39. The number of anilines is 1. The van der Waals surface area contributed by atoms with Crippen molar-refractivity contribution < 1.29 is 0 Å². The van der Waals surface area contributed by atoms with Crippen LogP contribution in [-0.2, 0) is 7.05 Å². The van der Waals surface area contributed by atoms with Crippen LogP contribution in [0.1, 0.15) is 5.56 Å². The minimum Gasteiger partial charge on any atom is -0.396 e. The highest BCUT2D eigenvalue weighted by Gasteiger charge is 2.11. The van der Waals surface area contributed by atoms with E-state index in [0.717, 1.165) is 16.8 Å². The molecule has 0 saturated carbocycles. The first-order valence-electron chi connectivity index (χ1n) is 4.63. The van der Waals surface area contributed by atoms with E-state index >= 15 is 0 Å². The third-order valence-electron chi connectivity index (χ3n) is 2.35. The molecule has 78 valence electrons. The van der Waals surface area contributed by atoms with Crippen LogP contribution in [0, 0.1) is 6.92 Å². The number of hydrogen-bond donors (Lipinski definition) is 1. The van der Waals surface area contributed by atoms with Gasteiger partial charge in [-0.1, -0.05) is 23.7 Å². The van der Waals surface area contributed by atoms with Gasteiger partial charge in [-0.05, 0) is 18.6 Å². The maximum absolute atomic E-state index is 6.17. The van der Waals surface area contributed by atoms with Gasteiger partial charge in [-0.3, -0.25) is 4.68 Å². The van der Waals surface area contributed by atoms with Crippen LogP contribution in [0.5, 0.6) is 0 Å². The minimum atomic E-state index is 0.642. The Kier molecular flexibility index (Phi) is 2.40. The SMILES string of the molecule is Cc1ccc(-c2c(N)cnn2C)c(Cl)c1. The normalized spacial score (nSPS) is 10.6. The Morgan fingerprint density at radius 2 is 2.13 bits per heavy atom. The monoisotopic (exact) mass is 221 g/mol. The Labute approximate surface area is 93.5 Å². The van der Waals surface area contributed by atoms with Crippen molar-refractivity contribution in [3.63, 3.8) is 0 Å². The molecule has 2 N–H and O–H groups in total. The molecule has 0 radical (unpaired) electrons. The van der Waals surface area contributed by atoms with E-state index in [2.05, 4.69) is 5.10 Å². The molecule has 15 heavy (non-hydrogen) atoms. The lowest BCUT2D eigenvalue weighted by molar-refractivity contribution is 0.776. The fourth-order valence-electron chi connectivity index (χ4n) is 1.60. The van der Waals surface area contributed by atoms with E-state index < -0.39 is 0 Å². The maximum Gasteiger partial charge on any atom is 0.0923 e. The highest BCUT2D eigenvalue weighted by molar-refractivity contribution is 6.33. The summed E-state index contributed by atoms with van der Waals surface area (Å²) in [6.45, 7) is 2.00. The molecule has 0 fully saturated rings. The first kappa shape index (κ1) is 10.1. The number of halogens is 1. The number of hydrogen-bond acceptors (Lipinski definition) is 2. The summed E-state index contributed by atoms with van der Waals surface area (Å²) in [4.78, 5) is 0. The molecule has 0 unspecified atom stereocenters. The first-order chi connectivity index (χ1) is 7.09. The summed E-state index contributed by atoms with van der Waals surface area (Å²) in [5.74, 6) is 0. The highest BCUT2D eigenvalue weighted by atomic mass is 35.5. The average molecular weight is 222 g/mol. The molecular weight excluding hydrogens is 210 g/mol. The first-order valence-corrected chi connectivity index (χ1v) is 5.01. The molecule has 1 aromatic carbocycles. The van der Waals surface area contributed by atoms with Crippen molar-refractivity contribution in [1.29, 1.82) is 0 Å². The molecule has 4 heteroatoms. The van der Waals surface area contributed by atoms with Gasteiger partial charge in [0, 0.05) is 12.6 Å². The second kappa shape index (κ2) is 3.59. The van der Waals surface area contributed by atoms with Gasteiger partial charge in [0.25, 0.3) is 0 Å². The number of nitrogens with two attached hydrogens (primary N) is 1. The molecule has 0 atom stereocenters. The van der Waals surface area contributed by atoms with Gasteiger partial charge >= 0.3 is 0 Å². The minimum absolute atomic E-state index is 0.642. The van der Waals surface area contributed by atoms with E-state index in [1.165, 1.54) is 0 Å². The predicted octanol–water partition coefficient (Wildman–Crippen LogP) is 2.63. The van der Waals surface area contributed by atoms with Gasteiger partial charge < -0.3 is 5.73 Å². The summed E-state index contributed by atoms with van der Waals surface area (Å²) >= 11 is 6.17. The second-order valence-electron chi connectivity index (χ2n) is 3.56. The quantitative estimate of drug-likeness (QED) is 0.805. The lowest BCUT2D eigenvalue weighted by atomic mass is 10.1. The Hall–Kier alpha value is -1.48. The molecule has 0 aliphatic heterocycles. The van der Waals surface area contributed by atoms with Gasteiger partial charge in [-0.15, -0.1) is 0 Å². The fraction of sp³-hybridized carbons (Fsp3) is 0.182. The van der Waals surface area contributed by atoms with Crippen LogP contribution < -0.4 is 5.73 Å². The van der Waals surface area contributed by atoms with Crippen LogP contribution in [0.2, 0.25) is 5.02 Å². The third kappa shape index (κ3) is 1.70. The molecule has 2 rings (SSSR count). The molecule has 1 aromatic heterocycles. The van der Waals surface area contributed by atoms with Gasteiger partial charge in [0.15, 0.2) is 0 Å². The zero-order valence-corrected chi connectivity index (χ0v) is 9.42. The van der Waals surface area contributed by atoms with Crippen molar-refractivity contribution >= 4 is 17.3 Å². The van der Waals surface area contributed by atoms with Crippen molar-refractivity contribution in [2.75, 3.05) is 5.73 Å². The number of nitrogen functional groups attached to an aromatic ring is 1. The fourth-order valence-corrected chi connectivity index (χ4v) is 1.92. The largest absolute Gasteiger partial charge is 0.396 e. The zero-order chi connectivity index (χ0) is 11.0. The number of benzene rings is 1. The number of aryl methyl sites for hydroxylation is 2. The van der Waals surface area contributed by atoms with Crippen LogP contribution in [0.4, 0.5) is 5.69 Å². The number of aromatic nitrogens is 2. The Morgan fingerprint density at radius 3 is 2.67 bits per heavy atom. The molecular formula is C11H12ClN3. The van der Waals surface area contributed by atoms with Gasteiger partial charge in [-0.2, -0.15) is 5.10 Å². The van der Waals surface area contributed by atoms with Crippen molar-refractivity contribution in [1.82, 2.24) is 9.78 Å². The standard InChI is InChI=1S/C11H12ClN3/c1-7-3-4-8(9(12)5-7)11-10(13)6-14-15(11)2/h3-6H,13H2,1-2H3. The lowest BCUT2D eigenvalue weighted by Crippen LogP contribution is -1.96. The average Bonchev–Trinajstić information content (AvgIpc) is 2.48. The van der Waals surface area contributed by atoms with Gasteiger partial charge in [0.05, 0.1) is 22.6 Å². The Bertz CT molecular complexity index is 483. The van der Waals surface area contributed by atoms with Crippen LogP contribution in [0.25, 0.3) is 11.3 Å². The van der Waals surface area contributed by atoms with Crippen molar-refractivity contribution in [3.05, 3.63) is 35.0 Å².